The van der Waals surface area contributed by atoms with Gasteiger partial charge in [-0.3, -0.25) is 4.79 Å². The van der Waals surface area contributed by atoms with E-state index in [4.69, 9.17) is 4.74 Å². The summed E-state index contributed by atoms with van der Waals surface area (Å²) in [5.41, 5.74) is 7.44. The molecule has 232 valence electrons. The average Bonchev–Trinajstić information content (AvgIpc) is 3.03. The zero-order chi connectivity index (χ0) is 30.9. The van der Waals surface area contributed by atoms with Crippen molar-refractivity contribution in [3.63, 3.8) is 0 Å². The minimum atomic E-state index is -0.845. The van der Waals surface area contributed by atoms with Crippen LogP contribution in [-0.2, 0) is 24.0 Å². The van der Waals surface area contributed by atoms with Crippen LogP contribution in [0.15, 0.2) is 66.7 Å². The van der Waals surface area contributed by atoms with Gasteiger partial charge in [-0.05, 0) is 85.4 Å². The number of ether oxygens (including phenoxy) is 1. The van der Waals surface area contributed by atoms with E-state index in [1.54, 1.807) is 6.92 Å². The van der Waals surface area contributed by atoms with Crippen LogP contribution in [-0.4, -0.2) is 17.9 Å². The van der Waals surface area contributed by atoms with Crippen LogP contribution in [0.4, 0.5) is 0 Å². The predicted octanol–water partition coefficient (Wildman–Crippen LogP) is 11.2. The molecule has 0 saturated heterocycles. The number of hydrogen-bond acceptors (Lipinski definition) is 3. The Morgan fingerprint density at radius 2 is 1.12 bits per heavy atom. The van der Waals surface area contributed by atoms with Crippen molar-refractivity contribution in [2.24, 2.45) is 0 Å². The molecule has 43 heavy (non-hydrogen) atoms. The third-order valence-electron chi connectivity index (χ3n) is 8.43. The molecule has 3 heteroatoms. The van der Waals surface area contributed by atoms with Gasteiger partial charge in [-0.2, -0.15) is 0 Å². The molecular formula is C40H54O3. The van der Waals surface area contributed by atoms with Crippen LogP contribution in [0, 0.1) is 0 Å². The molecule has 0 spiro atoms. The first-order valence-corrected chi connectivity index (χ1v) is 17.0. The summed E-state index contributed by atoms with van der Waals surface area (Å²) >= 11 is 0. The summed E-state index contributed by atoms with van der Waals surface area (Å²) in [4.78, 5) is 25.9. The summed E-state index contributed by atoms with van der Waals surface area (Å²) in [7, 11) is 0. The van der Waals surface area contributed by atoms with E-state index in [0.717, 1.165) is 37.7 Å². The Labute approximate surface area is 261 Å². The summed E-state index contributed by atoms with van der Waals surface area (Å²) in [6, 6.07) is 22.3. The van der Waals surface area contributed by atoms with E-state index in [9.17, 15) is 9.59 Å². The zero-order valence-electron chi connectivity index (χ0n) is 27.3. The van der Waals surface area contributed by atoms with Gasteiger partial charge >= 0.3 is 5.97 Å². The van der Waals surface area contributed by atoms with Crippen LogP contribution < -0.4 is 0 Å². The number of carbonyl (C=O) groups is 2. The molecule has 0 fully saturated rings. The fraction of sp³-hybridized carbons (Fsp3) is 0.500. The molecule has 3 aromatic rings. The normalized spacial score (nSPS) is 11.8. The van der Waals surface area contributed by atoms with Crippen molar-refractivity contribution in [3.8, 4) is 11.1 Å². The second-order valence-electron chi connectivity index (χ2n) is 12.1. The molecule has 0 aliphatic rings. The van der Waals surface area contributed by atoms with Gasteiger partial charge in [0.1, 0.15) is 0 Å². The summed E-state index contributed by atoms with van der Waals surface area (Å²) in [6.45, 7) is 8.34. The van der Waals surface area contributed by atoms with Crippen LogP contribution in [0.1, 0.15) is 142 Å². The van der Waals surface area contributed by atoms with Gasteiger partial charge in [-0.15, -0.1) is 0 Å². The van der Waals surface area contributed by atoms with Crippen LogP contribution in [0.3, 0.4) is 0 Å². The van der Waals surface area contributed by atoms with Crippen molar-refractivity contribution in [1.82, 2.24) is 0 Å². The Kier molecular flexibility index (Phi) is 15.3. The quantitative estimate of drug-likeness (QED) is 0.0756. The van der Waals surface area contributed by atoms with E-state index >= 15 is 0 Å². The maximum atomic E-state index is 12.9. The van der Waals surface area contributed by atoms with Gasteiger partial charge < -0.3 is 4.74 Å². The van der Waals surface area contributed by atoms with E-state index in [-0.39, 0.29) is 5.78 Å². The highest BCUT2D eigenvalue weighted by Gasteiger charge is 2.20. The second kappa shape index (κ2) is 19.2. The van der Waals surface area contributed by atoms with Crippen LogP contribution in [0.2, 0.25) is 0 Å². The zero-order valence-corrected chi connectivity index (χ0v) is 27.3. The molecule has 0 aliphatic heterocycles. The molecule has 3 aromatic carbocycles. The van der Waals surface area contributed by atoms with Gasteiger partial charge in [0, 0.05) is 5.56 Å². The number of esters is 1. The van der Waals surface area contributed by atoms with Crippen molar-refractivity contribution >= 4 is 11.8 Å². The molecule has 0 bridgehead atoms. The van der Waals surface area contributed by atoms with Crippen molar-refractivity contribution in [3.05, 3.63) is 94.5 Å². The maximum absolute atomic E-state index is 12.9. The van der Waals surface area contributed by atoms with Gasteiger partial charge in [0.25, 0.3) is 0 Å². The van der Waals surface area contributed by atoms with Gasteiger partial charge in [-0.1, -0.05) is 133 Å². The fourth-order valence-corrected chi connectivity index (χ4v) is 5.66. The number of ketones is 1. The number of benzene rings is 3. The lowest BCUT2D eigenvalue weighted by Gasteiger charge is -2.15. The topological polar surface area (TPSA) is 43.4 Å². The number of hydrogen-bond donors (Lipinski definition) is 0. The monoisotopic (exact) mass is 582 g/mol. The maximum Gasteiger partial charge on any atom is 0.338 e. The Balaban J connectivity index is 1.64. The highest BCUT2D eigenvalue weighted by molar-refractivity contribution is 6.01. The van der Waals surface area contributed by atoms with Crippen molar-refractivity contribution in [2.75, 3.05) is 0 Å². The largest absolute Gasteiger partial charge is 0.451 e. The number of unbranched alkanes of at least 4 members (excludes halogenated alkanes) is 9. The van der Waals surface area contributed by atoms with Gasteiger partial charge in [-0.25, -0.2) is 4.79 Å². The SMILES string of the molecule is CCCCCCCCc1ccc(-c2ccc(C(=O)OC(C)C(=O)c3ccc(CCCC)cc3)cc2)c(CCCCCC)c1. The first-order chi connectivity index (χ1) is 21.0. The molecule has 1 unspecified atom stereocenters. The Morgan fingerprint density at radius 3 is 1.79 bits per heavy atom. The standard InChI is InChI=1S/C40H54O3/c1-5-8-11-13-14-15-18-33-22-29-38(37(30-33)19-16-12-9-6-2)34-25-27-36(28-26-34)40(42)43-31(4)39(41)35-23-20-32(21-24-35)17-10-7-3/h20-31H,5-19H2,1-4H3. The predicted molar refractivity (Wildman–Crippen MR) is 181 cm³/mol. The number of rotatable bonds is 20. The lowest BCUT2D eigenvalue weighted by molar-refractivity contribution is 0.0319. The van der Waals surface area contributed by atoms with Crippen LogP contribution >= 0.6 is 0 Å². The molecule has 0 N–H and O–H groups in total. The van der Waals surface area contributed by atoms with E-state index in [1.807, 2.05) is 48.5 Å². The molecular weight excluding hydrogens is 528 g/mol. The summed E-state index contributed by atoms with van der Waals surface area (Å²) in [6.07, 6.45) is 17.5. The number of Topliss-reactive ketones (excluding diaryl/α,β-unsaturated/α-hetero) is 1. The van der Waals surface area contributed by atoms with E-state index in [1.165, 1.54) is 86.5 Å². The van der Waals surface area contributed by atoms with Gasteiger partial charge in [0.05, 0.1) is 5.56 Å². The molecule has 1 atom stereocenters. The molecule has 0 aromatic heterocycles. The van der Waals surface area contributed by atoms with E-state index in [2.05, 4.69) is 39.0 Å². The first-order valence-electron chi connectivity index (χ1n) is 17.0. The lowest BCUT2D eigenvalue weighted by atomic mass is 9.92. The Bertz CT molecular complexity index is 1240. The minimum absolute atomic E-state index is 0.180. The van der Waals surface area contributed by atoms with Gasteiger partial charge in [0.15, 0.2) is 6.10 Å². The Hall–Kier alpha value is -3.20. The second-order valence-corrected chi connectivity index (χ2v) is 12.1. The highest BCUT2D eigenvalue weighted by Crippen LogP contribution is 2.28. The molecule has 3 rings (SSSR count). The van der Waals surface area contributed by atoms with E-state index in [0.29, 0.717) is 11.1 Å². The summed E-state index contributed by atoms with van der Waals surface area (Å²) < 4.78 is 5.59. The third-order valence-corrected chi connectivity index (χ3v) is 8.43. The number of carbonyl (C=O) groups excluding carboxylic acids is 2. The average molecular weight is 583 g/mol. The molecule has 0 heterocycles. The van der Waals surface area contributed by atoms with Crippen molar-refractivity contribution in [2.45, 2.75) is 130 Å². The molecule has 3 nitrogen and oxygen atoms in total. The highest BCUT2D eigenvalue weighted by atomic mass is 16.5. The summed E-state index contributed by atoms with van der Waals surface area (Å²) in [5, 5.41) is 0. The van der Waals surface area contributed by atoms with Crippen LogP contribution in [0.5, 0.6) is 0 Å². The summed E-state index contributed by atoms with van der Waals surface area (Å²) in [5.74, 6) is -0.651. The van der Waals surface area contributed by atoms with Crippen molar-refractivity contribution < 1.29 is 14.3 Å². The van der Waals surface area contributed by atoms with Gasteiger partial charge in [0.2, 0.25) is 5.78 Å². The fourth-order valence-electron chi connectivity index (χ4n) is 5.66. The molecule has 0 saturated carbocycles. The van der Waals surface area contributed by atoms with Crippen molar-refractivity contribution in [1.29, 1.82) is 0 Å². The smallest absolute Gasteiger partial charge is 0.338 e. The molecule has 0 aliphatic carbocycles. The molecule has 0 amide bonds. The minimum Gasteiger partial charge on any atom is -0.451 e. The molecule has 0 radical (unpaired) electrons. The van der Waals surface area contributed by atoms with Crippen LogP contribution in [0.25, 0.3) is 11.1 Å². The first kappa shape index (κ1) is 34.3. The third kappa shape index (κ3) is 11.4. The van der Waals surface area contributed by atoms with E-state index < -0.39 is 12.1 Å². The Morgan fingerprint density at radius 1 is 0.581 bits per heavy atom. The number of aryl methyl sites for hydroxylation is 3. The lowest BCUT2D eigenvalue weighted by Crippen LogP contribution is -2.24.